The summed E-state index contributed by atoms with van der Waals surface area (Å²) < 4.78 is 11.0. The van der Waals surface area contributed by atoms with Crippen LogP contribution in [0.5, 0.6) is 0 Å². The van der Waals surface area contributed by atoms with Gasteiger partial charge in [0.15, 0.2) is 5.13 Å². The Balaban J connectivity index is 1.82. The Hall–Kier alpha value is -3.07. The van der Waals surface area contributed by atoms with E-state index in [1.165, 1.54) is 11.3 Å². The zero-order chi connectivity index (χ0) is 27.4. The predicted molar refractivity (Wildman–Crippen MR) is 151 cm³/mol. The molecule has 0 bridgehead atoms. The summed E-state index contributed by atoms with van der Waals surface area (Å²) in [6.45, 7) is 7.63. The lowest BCUT2D eigenvalue weighted by Crippen LogP contribution is -2.60. The molecule has 0 spiro atoms. The van der Waals surface area contributed by atoms with Crippen LogP contribution in [0.4, 0.5) is 5.13 Å². The van der Waals surface area contributed by atoms with Crippen LogP contribution in [0, 0.1) is 5.92 Å². The zero-order valence-corrected chi connectivity index (χ0v) is 23.8. The van der Waals surface area contributed by atoms with Gasteiger partial charge in [-0.25, -0.2) is 9.78 Å². The first-order valence-corrected chi connectivity index (χ1v) is 13.9. The normalized spacial score (nSPS) is 21.0. The van der Waals surface area contributed by atoms with Crippen molar-refractivity contribution in [1.82, 2.24) is 10.3 Å². The predicted octanol–water partition coefficient (Wildman–Crippen LogP) is 6.43. The molecule has 1 aliphatic rings. The second-order valence-electron chi connectivity index (χ2n) is 8.97. The number of esters is 2. The van der Waals surface area contributed by atoms with Crippen molar-refractivity contribution in [3.8, 4) is 11.3 Å². The Kier molecular flexibility index (Phi) is 8.65. The number of hydrogen-bond acceptors (Lipinski definition) is 8. The average molecular weight is 575 g/mol. The van der Waals surface area contributed by atoms with Crippen LogP contribution >= 0.6 is 34.5 Å². The maximum absolute atomic E-state index is 13.6. The molecular weight excluding hydrogens is 545 g/mol. The number of nitrogens with zero attached hydrogens (tertiary/aromatic N) is 1. The molecule has 200 valence electrons. The largest absolute Gasteiger partial charge is 0.466 e. The first-order chi connectivity index (χ1) is 18.2. The molecule has 1 aromatic heterocycles. The molecule has 0 saturated carbocycles. The molecule has 0 saturated heterocycles. The van der Waals surface area contributed by atoms with E-state index in [1.807, 2.05) is 49.6 Å². The molecule has 0 radical (unpaired) electrons. The zero-order valence-electron chi connectivity index (χ0n) is 21.5. The van der Waals surface area contributed by atoms with Crippen LogP contribution in [0.15, 0.2) is 65.2 Å². The van der Waals surface area contributed by atoms with Gasteiger partial charge in [-0.3, -0.25) is 4.79 Å². The summed E-state index contributed by atoms with van der Waals surface area (Å²) >= 11 is 13.8. The van der Waals surface area contributed by atoms with Crippen LogP contribution in [0.25, 0.3) is 11.3 Å². The van der Waals surface area contributed by atoms with Gasteiger partial charge in [0.25, 0.3) is 0 Å². The van der Waals surface area contributed by atoms with E-state index in [2.05, 4.69) is 10.6 Å². The Labute approximate surface area is 236 Å². The lowest BCUT2D eigenvalue weighted by molar-refractivity contribution is -0.152. The Morgan fingerprint density at radius 3 is 2.47 bits per heavy atom. The minimum absolute atomic E-state index is 0.193. The maximum atomic E-state index is 13.6. The topological polar surface area (TPSA) is 89.5 Å². The smallest absolute Gasteiger partial charge is 0.337 e. The number of allylic oxidation sites excluding steroid dienone is 1. The summed E-state index contributed by atoms with van der Waals surface area (Å²) in [5, 5.41) is 10.2. The minimum Gasteiger partial charge on any atom is -0.466 e. The van der Waals surface area contributed by atoms with E-state index in [0.717, 1.165) is 11.1 Å². The molecule has 0 aliphatic carbocycles. The van der Waals surface area contributed by atoms with Crippen molar-refractivity contribution in [1.29, 1.82) is 0 Å². The molecule has 3 unspecified atom stereocenters. The second-order valence-corrected chi connectivity index (χ2v) is 10.7. The number of nitrogens with one attached hydrogen (secondary N) is 2. The number of rotatable bonds is 8. The Bertz CT molecular complexity index is 1360. The highest BCUT2D eigenvalue weighted by atomic mass is 35.5. The van der Waals surface area contributed by atoms with Crippen molar-refractivity contribution < 1.29 is 19.1 Å². The molecule has 10 heteroatoms. The van der Waals surface area contributed by atoms with E-state index in [9.17, 15) is 9.59 Å². The van der Waals surface area contributed by atoms with E-state index in [-0.39, 0.29) is 13.2 Å². The number of carbonyl (C=O) groups excluding carboxylic acids is 2. The number of hydrogen-bond donors (Lipinski definition) is 2. The highest BCUT2D eigenvalue weighted by Gasteiger charge is 2.53. The fourth-order valence-corrected chi connectivity index (χ4v) is 6.10. The number of benzene rings is 2. The molecule has 2 N–H and O–H groups in total. The van der Waals surface area contributed by atoms with Gasteiger partial charge in [-0.1, -0.05) is 53.5 Å². The van der Waals surface area contributed by atoms with Crippen molar-refractivity contribution in [2.24, 2.45) is 5.92 Å². The molecule has 4 rings (SSSR count). The van der Waals surface area contributed by atoms with Crippen molar-refractivity contribution in [2.45, 2.75) is 39.3 Å². The Morgan fingerprint density at radius 2 is 1.82 bits per heavy atom. The van der Waals surface area contributed by atoms with Gasteiger partial charge in [-0.15, -0.1) is 11.3 Å². The molecule has 0 fully saturated rings. The highest BCUT2D eigenvalue weighted by molar-refractivity contribution is 7.14. The molecule has 38 heavy (non-hydrogen) atoms. The van der Waals surface area contributed by atoms with E-state index in [0.29, 0.717) is 32.1 Å². The number of halogens is 2. The van der Waals surface area contributed by atoms with Crippen LogP contribution in [-0.4, -0.2) is 36.2 Å². The SMILES string of the molecule is CCOC(=O)C1=C(C)NC(C)(c2ccccc2)C(C(=O)OCC)C1Nc1nc(-c2ccc(Cl)cc2Cl)cs1. The van der Waals surface area contributed by atoms with Crippen molar-refractivity contribution in [3.63, 3.8) is 0 Å². The molecule has 3 atom stereocenters. The van der Waals surface area contributed by atoms with Crippen LogP contribution in [-0.2, 0) is 24.6 Å². The van der Waals surface area contributed by atoms with Gasteiger partial charge in [0, 0.05) is 21.7 Å². The first kappa shape index (κ1) is 28.0. The summed E-state index contributed by atoms with van der Waals surface area (Å²) in [7, 11) is 0. The lowest BCUT2D eigenvalue weighted by atomic mass is 9.70. The fraction of sp³-hybridized carbons (Fsp3) is 0.321. The van der Waals surface area contributed by atoms with Gasteiger partial charge < -0.3 is 20.1 Å². The summed E-state index contributed by atoms with van der Waals surface area (Å²) in [5.41, 5.74) is 2.26. The van der Waals surface area contributed by atoms with E-state index >= 15 is 0 Å². The van der Waals surface area contributed by atoms with Crippen LogP contribution < -0.4 is 10.6 Å². The number of ether oxygens (including phenoxy) is 2. The van der Waals surface area contributed by atoms with Crippen LogP contribution in [0.1, 0.15) is 33.3 Å². The van der Waals surface area contributed by atoms with Gasteiger partial charge in [0.05, 0.1) is 41.1 Å². The standard InChI is InChI=1S/C28H29Cl2N3O4S/c1-5-36-25(34)22-16(3)33-28(4,17-10-8-7-9-11-17)23(26(35)37-6-2)24(22)32-27-31-21(15-38-27)19-13-12-18(29)14-20(19)30/h7-15,23-24,33H,5-6H2,1-4H3,(H,31,32). The fourth-order valence-electron chi connectivity index (χ4n) is 4.85. The van der Waals surface area contributed by atoms with Gasteiger partial charge in [0.2, 0.25) is 0 Å². The van der Waals surface area contributed by atoms with Crippen LogP contribution in [0.3, 0.4) is 0 Å². The van der Waals surface area contributed by atoms with Crippen molar-refractivity contribution in [3.05, 3.63) is 80.8 Å². The number of thiazole rings is 1. The summed E-state index contributed by atoms with van der Waals surface area (Å²) in [4.78, 5) is 31.5. The van der Waals surface area contributed by atoms with Gasteiger partial charge in [-0.05, 0) is 51.5 Å². The molecule has 2 heterocycles. The third-order valence-electron chi connectivity index (χ3n) is 6.52. The third kappa shape index (κ3) is 5.53. The number of aromatic nitrogens is 1. The molecule has 3 aromatic rings. The maximum Gasteiger partial charge on any atom is 0.337 e. The quantitative estimate of drug-likeness (QED) is 0.300. The van der Waals surface area contributed by atoms with Gasteiger partial charge >= 0.3 is 11.9 Å². The van der Waals surface area contributed by atoms with E-state index < -0.39 is 29.4 Å². The van der Waals surface area contributed by atoms with Crippen molar-refractivity contribution in [2.75, 3.05) is 18.5 Å². The summed E-state index contributed by atoms with van der Waals surface area (Å²) in [6, 6.07) is 14.0. The van der Waals surface area contributed by atoms with Gasteiger partial charge in [-0.2, -0.15) is 0 Å². The monoisotopic (exact) mass is 573 g/mol. The van der Waals surface area contributed by atoms with Crippen LogP contribution in [0.2, 0.25) is 10.0 Å². The Morgan fingerprint density at radius 1 is 1.11 bits per heavy atom. The summed E-state index contributed by atoms with van der Waals surface area (Å²) in [6.07, 6.45) is 0. The van der Waals surface area contributed by atoms with Crippen molar-refractivity contribution >= 4 is 51.6 Å². The van der Waals surface area contributed by atoms with Gasteiger partial charge in [0.1, 0.15) is 5.92 Å². The molecule has 7 nitrogen and oxygen atoms in total. The lowest BCUT2D eigenvalue weighted by Gasteiger charge is -2.47. The first-order valence-electron chi connectivity index (χ1n) is 12.2. The molecule has 1 aliphatic heterocycles. The summed E-state index contributed by atoms with van der Waals surface area (Å²) in [5.74, 6) is -1.80. The third-order valence-corrected chi connectivity index (χ3v) is 7.84. The molecule has 2 aromatic carbocycles. The number of carbonyl (C=O) groups is 2. The second kappa shape index (κ2) is 11.8. The van der Waals surface area contributed by atoms with E-state index in [1.54, 1.807) is 32.0 Å². The molecule has 0 amide bonds. The molecular formula is C28H29Cl2N3O4S. The highest BCUT2D eigenvalue weighted by Crippen LogP contribution is 2.42. The average Bonchev–Trinajstić information content (AvgIpc) is 3.32. The minimum atomic E-state index is -0.898. The number of anilines is 1. The van der Waals surface area contributed by atoms with E-state index in [4.69, 9.17) is 37.7 Å².